The third-order valence-electron chi connectivity index (χ3n) is 5.03. The summed E-state index contributed by atoms with van der Waals surface area (Å²) < 4.78 is 22.6. The number of benzene rings is 1. The van der Waals surface area contributed by atoms with Crippen LogP contribution in [0.5, 0.6) is 0 Å². The lowest BCUT2D eigenvalue weighted by atomic mass is 10.1. The number of nitrogens with zero attached hydrogens (tertiary/aromatic N) is 4. The van der Waals surface area contributed by atoms with Crippen LogP contribution >= 0.6 is 7.60 Å². The molecular formula is C19H24N5O8P. The van der Waals surface area contributed by atoms with E-state index in [1.54, 1.807) is 0 Å². The molecule has 33 heavy (non-hydrogen) atoms. The highest BCUT2D eigenvalue weighted by molar-refractivity contribution is 7.51. The third-order valence-corrected chi connectivity index (χ3v) is 5.41. The number of aromatic nitrogens is 4. The van der Waals surface area contributed by atoms with Gasteiger partial charge in [0.05, 0.1) is 12.9 Å². The molecule has 178 valence electrons. The standard InChI is InChI=1S/C19H24N5O8P/c1-33(28,29)32-30-8-13-15(26)16(27)19(31-13)24-10-23-14-17(21-9-22-18(14)24)20-6-11-3-2-4-12(5-11)7-25/h2-5,9-10,13,15-16,19,25-27H,6-8H2,1H3,(H,28,29)(H,20,21,22)/t13-,15-,16-,19-/m1/s1. The van der Waals surface area contributed by atoms with E-state index in [0.717, 1.165) is 17.8 Å². The Kier molecular flexibility index (Phi) is 7.02. The van der Waals surface area contributed by atoms with Crippen molar-refractivity contribution in [3.8, 4) is 0 Å². The van der Waals surface area contributed by atoms with E-state index in [4.69, 9.17) is 9.63 Å². The van der Waals surface area contributed by atoms with E-state index in [-0.39, 0.29) is 13.2 Å². The maximum atomic E-state index is 11.2. The van der Waals surface area contributed by atoms with Crippen molar-refractivity contribution < 1.29 is 39.1 Å². The molecule has 3 aromatic rings. The first kappa shape index (κ1) is 23.7. The van der Waals surface area contributed by atoms with Crippen LogP contribution in [0.3, 0.4) is 0 Å². The highest BCUT2D eigenvalue weighted by Gasteiger charge is 2.44. The minimum absolute atomic E-state index is 0.0541. The van der Waals surface area contributed by atoms with Crippen LogP contribution in [0.1, 0.15) is 17.4 Å². The maximum Gasteiger partial charge on any atom is 0.352 e. The fourth-order valence-electron chi connectivity index (χ4n) is 3.48. The van der Waals surface area contributed by atoms with Crippen molar-refractivity contribution in [1.29, 1.82) is 0 Å². The predicted octanol–water partition coefficient (Wildman–Crippen LogP) is 0.313. The van der Waals surface area contributed by atoms with Gasteiger partial charge in [0, 0.05) is 13.2 Å². The lowest BCUT2D eigenvalue weighted by molar-refractivity contribution is -0.238. The molecule has 1 aliphatic rings. The Bertz CT molecular complexity index is 1150. The molecule has 1 saturated heterocycles. The number of ether oxygens (including phenoxy) is 1. The van der Waals surface area contributed by atoms with Crippen molar-refractivity contribution in [2.24, 2.45) is 0 Å². The van der Waals surface area contributed by atoms with Gasteiger partial charge in [0.15, 0.2) is 23.2 Å². The quantitative estimate of drug-likeness (QED) is 0.161. The van der Waals surface area contributed by atoms with Gasteiger partial charge >= 0.3 is 7.60 Å². The van der Waals surface area contributed by atoms with Gasteiger partial charge < -0.3 is 30.3 Å². The lowest BCUT2D eigenvalue weighted by Crippen LogP contribution is -2.33. The molecule has 0 radical (unpaired) electrons. The summed E-state index contributed by atoms with van der Waals surface area (Å²) in [7, 11) is -3.87. The first-order valence-corrected chi connectivity index (χ1v) is 12.0. The number of nitrogens with one attached hydrogen (secondary N) is 1. The van der Waals surface area contributed by atoms with E-state index in [1.807, 2.05) is 24.3 Å². The van der Waals surface area contributed by atoms with Crippen LogP contribution in [0, 0.1) is 0 Å². The predicted molar refractivity (Wildman–Crippen MR) is 114 cm³/mol. The van der Waals surface area contributed by atoms with Crippen LogP contribution in [0.25, 0.3) is 11.2 Å². The molecule has 14 heteroatoms. The number of aliphatic hydroxyl groups is 3. The van der Waals surface area contributed by atoms with Crippen molar-refractivity contribution in [3.05, 3.63) is 48.0 Å². The molecule has 5 atom stereocenters. The summed E-state index contributed by atoms with van der Waals surface area (Å²) in [5.41, 5.74) is 2.52. The Morgan fingerprint density at radius 1 is 1.21 bits per heavy atom. The zero-order valence-electron chi connectivity index (χ0n) is 17.6. The Morgan fingerprint density at radius 3 is 2.76 bits per heavy atom. The van der Waals surface area contributed by atoms with Crippen LogP contribution in [-0.4, -0.2) is 71.3 Å². The second-order valence-electron chi connectivity index (χ2n) is 7.59. The van der Waals surface area contributed by atoms with Crippen LogP contribution in [0.15, 0.2) is 36.9 Å². The SMILES string of the molecule is CP(=O)(O)OOC[C@H]1O[C@@H](n2cnc3c(NCc4cccc(CO)c4)ncnc32)[C@H](O)[C@@H]1O. The number of hydrogen-bond donors (Lipinski definition) is 5. The lowest BCUT2D eigenvalue weighted by Gasteiger charge is -2.16. The van der Waals surface area contributed by atoms with Gasteiger partial charge in [-0.15, -0.1) is 4.67 Å². The van der Waals surface area contributed by atoms with E-state index >= 15 is 0 Å². The first-order chi connectivity index (χ1) is 15.8. The van der Waals surface area contributed by atoms with Gasteiger partial charge in [-0.2, -0.15) is 0 Å². The largest absolute Gasteiger partial charge is 0.392 e. The summed E-state index contributed by atoms with van der Waals surface area (Å²) in [6, 6.07) is 7.45. The van der Waals surface area contributed by atoms with Crippen molar-refractivity contribution >= 4 is 24.6 Å². The molecule has 1 fully saturated rings. The van der Waals surface area contributed by atoms with E-state index in [2.05, 4.69) is 29.8 Å². The Balaban J connectivity index is 1.49. The van der Waals surface area contributed by atoms with Gasteiger partial charge in [-0.05, 0) is 11.1 Å². The van der Waals surface area contributed by atoms with Crippen LogP contribution < -0.4 is 5.32 Å². The number of rotatable bonds is 9. The normalized spacial score (nSPS) is 24.8. The summed E-state index contributed by atoms with van der Waals surface area (Å²) in [4.78, 5) is 26.6. The number of imidazole rings is 1. The summed E-state index contributed by atoms with van der Waals surface area (Å²) in [6.45, 7) is 0.943. The average molecular weight is 481 g/mol. The van der Waals surface area contributed by atoms with Gasteiger partial charge in [0.25, 0.3) is 0 Å². The van der Waals surface area contributed by atoms with E-state index in [0.29, 0.717) is 23.5 Å². The van der Waals surface area contributed by atoms with E-state index in [9.17, 15) is 19.9 Å². The molecule has 13 nitrogen and oxygen atoms in total. The highest BCUT2D eigenvalue weighted by Crippen LogP contribution is 2.38. The summed E-state index contributed by atoms with van der Waals surface area (Å²) in [5.74, 6) is 0.455. The van der Waals surface area contributed by atoms with Gasteiger partial charge in [0.2, 0.25) is 0 Å². The summed E-state index contributed by atoms with van der Waals surface area (Å²) in [6.07, 6.45) is -2.00. The molecule has 1 aromatic carbocycles. The molecule has 4 rings (SSSR count). The second-order valence-corrected chi connectivity index (χ2v) is 9.34. The third kappa shape index (κ3) is 5.37. The van der Waals surface area contributed by atoms with Crippen molar-refractivity contribution in [1.82, 2.24) is 19.5 Å². The molecule has 2 aromatic heterocycles. The molecule has 0 spiro atoms. The Labute approximate surface area is 188 Å². The number of aliphatic hydroxyl groups excluding tert-OH is 3. The van der Waals surface area contributed by atoms with Gasteiger partial charge in [0.1, 0.15) is 31.2 Å². The highest BCUT2D eigenvalue weighted by atomic mass is 31.2. The number of hydrogen-bond acceptors (Lipinski definition) is 11. The molecule has 0 amide bonds. The molecule has 0 saturated carbocycles. The topological polar surface area (TPSA) is 181 Å². The van der Waals surface area contributed by atoms with Crippen molar-refractivity contribution in [2.75, 3.05) is 18.6 Å². The van der Waals surface area contributed by atoms with Crippen LogP contribution in [0.2, 0.25) is 0 Å². The molecule has 0 aliphatic carbocycles. The molecule has 3 heterocycles. The van der Waals surface area contributed by atoms with Crippen LogP contribution in [-0.2, 0) is 32.0 Å². The van der Waals surface area contributed by atoms with Gasteiger partial charge in [-0.25, -0.2) is 19.8 Å². The monoisotopic (exact) mass is 481 g/mol. The van der Waals surface area contributed by atoms with Crippen LogP contribution in [0.4, 0.5) is 5.82 Å². The summed E-state index contributed by atoms with van der Waals surface area (Å²) >= 11 is 0. The Morgan fingerprint density at radius 2 is 2.00 bits per heavy atom. The zero-order chi connectivity index (χ0) is 23.6. The minimum Gasteiger partial charge on any atom is -0.392 e. The van der Waals surface area contributed by atoms with Crippen molar-refractivity contribution in [2.45, 2.75) is 37.7 Å². The minimum atomic E-state index is -3.87. The average Bonchev–Trinajstić information content (AvgIpc) is 3.33. The molecule has 1 unspecified atom stereocenters. The van der Waals surface area contributed by atoms with E-state index < -0.39 is 32.1 Å². The first-order valence-electron chi connectivity index (χ1n) is 10.00. The summed E-state index contributed by atoms with van der Waals surface area (Å²) in [5, 5.41) is 33.3. The van der Waals surface area contributed by atoms with Crippen molar-refractivity contribution in [3.63, 3.8) is 0 Å². The molecule has 1 aliphatic heterocycles. The zero-order valence-corrected chi connectivity index (χ0v) is 18.4. The number of anilines is 1. The second kappa shape index (κ2) is 9.79. The van der Waals surface area contributed by atoms with E-state index in [1.165, 1.54) is 17.2 Å². The Hall–Kier alpha value is -2.48. The van der Waals surface area contributed by atoms with Gasteiger partial charge in [-0.1, -0.05) is 24.3 Å². The molecule has 0 bridgehead atoms. The smallest absolute Gasteiger partial charge is 0.352 e. The molecule has 5 N–H and O–H groups in total. The molecular weight excluding hydrogens is 457 g/mol. The fraction of sp³-hybridized carbons (Fsp3) is 0.421. The maximum absolute atomic E-state index is 11.2. The fourth-order valence-corrected chi connectivity index (χ4v) is 3.74. The van der Waals surface area contributed by atoms with Gasteiger partial charge in [-0.3, -0.25) is 9.13 Å². The number of fused-ring (bicyclic) bond motifs is 1.